The number of hydrogen-bond acceptors (Lipinski definition) is 5. The number of aliphatic carboxylic acids is 1. The Morgan fingerprint density at radius 2 is 1.85 bits per heavy atom. The lowest BCUT2D eigenvalue weighted by molar-refractivity contribution is -0.138. The van der Waals surface area contributed by atoms with Gasteiger partial charge in [-0.1, -0.05) is 6.08 Å². The van der Waals surface area contributed by atoms with E-state index in [0.29, 0.717) is 13.0 Å². The molecule has 6 heteroatoms. The molecule has 2 atom stereocenters. The Morgan fingerprint density at radius 1 is 1.23 bits per heavy atom. The Labute approximate surface area is 162 Å². The van der Waals surface area contributed by atoms with Crippen LogP contribution in [0.15, 0.2) is 29.0 Å². The van der Waals surface area contributed by atoms with Crippen LogP contribution in [-0.2, 0) is 4.79 Å². The zero-order valence-electron chi connectivity index (χ0n) is 15.1. The first-order chi connectivity index (χ1) is 12.5. The topological polar surface area (TPSA) is 60.8 Å². The molecule has 0 amide bonds. The number of aliphatic hydroxyl groups is 1. The molecule has 26 heavy (non-hydrogen) atoms. The molecule has 0 saturated carbocycles. The lowest BCUT2D eigenvalue weighted by Crippen LogP contribution is -2.32. The standard InChI is InChI=1S/C20H25NO3S2/c1-13-5-8-25-19(13)17(20-14(2)6-9-26-20)4-3-7-21-12-16(22)10-15(21)11-18(23)24/h4-6,8-9,15-16,22H,3,7,10-12H2,1-2H3,(H,23,24)/t15-,16-/m0/s1. The van der Waals surface area contributed by atoms with Crippen LogP contribution in [0.4, 0.5) is 0 Å². The second-order valence-electron chi connectivity index (χ2n) is 6.91. The molecule has 140 valence electrons. The summed E-state index contributed by atoms with van der Waals surface area (Å²) in [5.41, 5.74) is 3.85. The van der Waals surface area contributed by atoms with Crippen molar-refractivity contribution in [3.8, 4) is 0 Å². The molecule has 0 bridgehead atoms. The van der Waals surface area contributed by atoms with Crippen LogP contribution >= 0.6 is 22.7 Å². The van der Waals surface area contributed by atoms with Gasteiger partial charge in [0, 0.05) is 34.5 Å². The van der Waals surface area contributed by atoms with Crippen LogP contribution in [-0.4, -0.2) is 46.3 Å². The fourth-order valence-electron chi connectivity index (χ4n) is 3.61. The molecule has 1 aliphatic heterocycles. The minimum absolute atomic E-state index is 0.0636. The summed E-state index contributed by atoms with van der Waals surface area (Å²) in [4.78, 5) is 15.8. The number of thiophene rings is 2. The number of aliphatic hydroxyl groups excluding tert-OH is 1. The molecular weight excluding hydrogens is 366 g/mol. The van der Waals surface area contributed by atoms with E-state index in [-0.39, 0.29) is 12.5 Å². The van der Waals surface area contributed by atoms with Crippen LogP contribution in [0.3, 0.4) is 0 Å². The quantitative estimate of drug-likeness (QED) is 0.744. The van der Waals surface area contributed by atoms with E-state index in [1.165, 1.54) is 26.5 Å². The lowest BCUT2D eigenvalue weighted by Gasteiger charge is -2.22. The first-order valence-corrected chi connectivity index (χ1v) is 10.6. The summed E-state index contributed by atoms with van der Waals surface area (Å²) in [5.74, 6) is -0.797. The Kier molecular flexibility index (Phi) is 6.29. The number of aryl methyl sites for hydroxylation is 2. The van der Waals surface area contributed by atoms with Crippen LogP contribution in [0, 0.1) is 13.8 Å². The van der Waals surface area contributed by atoms with E-state index in [4.69, 9.17) is 5.11 Å². The van der Waals surface area contributed by atoms with Crippen molar-refractivity contribution in [2.75, 3.05) is 13.1 Å². The van der Waals surface area contributed by atoms with Crippen molar-refractivity contribution in [3.63, 3.8) is 0 Å². The van der Waals surface area contributed by atoms with Gasteiger partial charge in [-0.3, -0.25) is 9.69 Å². The third-order valence-corrected chi connectivity index (χ3v) is 6.99. The molecule has 0 unspecified atom stereocenters. The highest BCUT2D eigenvalue weighted by Gasteiger charge is 2.31. The first-order valence-electron chi connectivity index (χ1n) is 8.88. The van der Waals surface area contributed by atoms with E-state index in [9.17, 15) is 9.90 Å². The number of hydrogen-bond donors (Lipinski definition) is 2. The van der Waals surface area contributed by atoms with Gasteiger partial charge in [-0.15, -0.1) is 22.7 Å². The fraction of sp³-hybridized carbons (Fsp3) is 0.450. The number of β-amino-alcohol motifs (C(OH)–C–C–N with tert-alkyl or cyclic N) is 1. The third kappa shape index (κ3) is 4.43. The van der Waals surface area contributed by atoms with Gasteiger partial charge in [-0.25, -0.2) is 0 Å². The SMILES string of the molecule is Cc1ccsc1C(=CCCN1C[C@@H](O)C[C@H]1CC(=O)O)c1sccc1C. The minimum atomic E-state index is -0.797. The monoisotopic (exact) mass is 391 g/mol. The highest BCUT2D eigenvalue weighted by molar-refractivity contribution is 7.14. The van der Waals surface area contributed by atoms with E-state index in [1.807, 2.05) is 0 Å². The molecule has 3 rings (SSSR count). The number of nitrogens with zero attached hydrogens (tertiary/aromatic N) is 1. The van der Waals surface area contributed by atoms with Gasteiger partial charge in [-0.2, -0.15) is 0 Å². The molecule has 2 N–H and O–H groups in total. The first kappa shape index (κ1) is 19.3. The third-order valence-electron chi connectivity index (χ3n) is 4.89. The molecule has 2 aromatic heterocycles. The smallest absolute Gasteiger partial charge is 0.304 e. The van der Waals surface area contributed by atoms with E-state index in [0.717, 1.165) is 13.0 Å². The van der Waals surface area contributed by atoms with Crippen LogP contribution in [0.1, 0.15) is 40.1 Å². The zero-order chi connectivity index (χ0) is 18.7. The van der Waals surface area contributed by atoms with Crippen LogP contribution in [0.2, 0.25) is 0 Å². The van der Waals surface area contributed by atoms with Gasteiger partial charge in [-0.05, 0) is 60.7 Å². The summed E-state index contributed by atoms with van der Waals surface area (Å²) < 4.78 is 0. The molecule has 0 spiro atoms. The van der Waals surface area contributed by atoms with E-state index < -0.39 is 12.1 Å². The van der Waals surface area contributed by atoms with E-state index >= 15 is 0 Å². The van der Waals surface area contributed by atoms with E-state index in [2.05, 4.69) is 47.7 Å². The molecule has 1 fully saturated rings. The largest absolute Gasteiger partial charge is 0.481 e. The Balaban J connectivity index is 1.76. The fourth-order valence-corrected chi connectivity index (χ4v) is 5.62. The number of rotatable bonds is 7. The van der Waals surface area contributed by atoms with Gasteiger partial charge in [0.2, 0.25) is 0 Å². The molecule has 2 aromatic rings. The average molecular weight is 392 g/mol. The second kappa shape index (κ2) is 8.48. The molecule has 3 heterocycles. The number of carboxylic acid groups (broad SMARTS) is 1. The summed E-state index contributed by atoms with van der Waals surface area (Å²) in [6, 6.07) is 4.23. The maximum absolute atomic E-state index is 11.1. The van der Waals surface area contributed by atoms with Crippen molar-refractivity contribution in [2.24, 2.45) is 0 Å². The second-order valence-corrected chi connectivity index (χ2v) is 8.74. The van der Waals surface area contributed by atoms with Gasteiger partial charge in [0.05, 0.1) is 12.5 Å². The Hall–Kier alpha value is -1.47. The minimum Gasteiger partial charge on any atom is -0.481 e. The maximum atomic E-state index is 11.1. The average Bonchev–Trinajstić information content (AvgIpc) is 3.26. The summed E-state index contributed by atoms with van der Waals surface area (Å²) in [5, 5.41) is 23.3. The molecule has 0 radical (unpaired) electrons. The van der Waals surface area contributed by atoms with Gasteiger partial charge >= 0.3 is 5.97 Å². The van der Waals surface area contributed by atoms with Crippen molar-refractivity contribution >= 4 is 34.2 Å². The summed E-state index contributed by atoms with van der Waals surface area (Å²) >= 11 is 3.53. The highest BCUT2D eigenvalue weighted by Crippen LogP contribution is 2.35. The van der Waals surface area contributed by atoms with Crippen molar-refractivity contribution in [1.82, 2.24) is 4.90 Å². The maximum Gasteiger partial charge on any atom is 0.304 e. The summed E-state index contributed by atoms with van der Waals surface area (Å²) in [7, 11) is 0. The molecule has 4 nitrogen and oxygen atoms in total. The van der Waals surface area contributed by atoms with Crippen LogP contribution in [0.5, 0.6) is 0 Å². The number of carbonyl (C=O) groups is 1. The molecular formula is C20H25NO3S2. The lowest BCUT2D eigenvalue weighted by atomic mass is 10.1. The molecule has 0 aromatic carbocycles. The summed E-state index contributed by atoms with van der Waals surface area (Å²) in [6.07, 6.45) is 3.35. The Bertz CT molecular complexity index is 750. The van der Waals surface area contributed by atoms with Crippen LogP contribution in [0.25, 0.3) is 5.57 Å². The van der Waals surface area contributed by atoms with Gasteiger partial charge in [0.1, 0.15) is 0 Å². The molecule has 1 saturated heterocycles. The van der Waals surface area contributed by atoms with Crippen molar-refractivity contribution in [3.05, 3.63) is 49.9 Å². The summed E-state index contributed by atoms with van der Waals surface area (Å²) in [6.45, 7) is 5.62. The predicted molar refractivity (Wildman–Crippen MR) is 108 cm³/mol. The van der Waals surface area contributed by atoms with Gasteiger partial charge in [0.25, 0.3) is 0 Å². The van der Waals surface area contributed by atoms with Crippen LogP contribution < -0.4 is 0 Å². The number of carboxylic acids is 1. The molecule has 1 aliphatic rings. The number of likely N-dealkylation sites (tertiary alicyclic amines) is 1. The zero-order valence-corrected chi connectivity index (χ0v) is 16.8. The van der Waals surface area contributed by atoms with Gasteiger partial charge in [0.15, 0.2) is 0 Å². The predicted octanol–water partition coefficient (Wildman–Crippen LogP) is 4.16. The van der Waals surface area contributed by atoms with E-state index in [1.54, 1.807) is 22.7 Å². The normalized spacial score (nSPS) is 20.4. The van der Waals surface area contributed by atoms with Crippen molar-refractivity contribution in [1.29, 1.82) is 0 Å². The Morgan fingerprint density at radius 3 is 2.35 bits per heavy atom. The van der Waals surface area contributed by atoms with Crippen molar-refractivity contribution < 1.29 is 15.0 Å². The highest BCUT2D eigenvalue weighted by atomic mass is 32.1. The van der Waals surface area contributed by atoms with Gasteiger partial charge < -0.3 is 10.2 Å². The van der Waals surface area contributed by atoms with Crippen molar-refractivity contribution in [2.45, 2.75) is 45.3 Å². The molecule has 0 aliphatic carbocycles.